The molecule has 1 aliphatic carbocycles. The molecule has 0 unspecified atom stereocenters. The summed E-state index contributed by atoms with van der Waals surface area (Å²) in [5, 5.41) is 0. The average Bonchev–Trinajstić information content (AvgIpc) is 2.26. The van der Waals surface area contributed by atoms with Gasteiger partial charge in [-0.2, -0.15) is 0 Å². The third-order valence-corrected chi connectivity index (χ3v) is 4.16. The van der Waals surface area contributed by atoms with Crippen LogP contribution >= 0.6 is 0 Å². The van der Waals surface area contributed by atoms with Gasteiger partial charge in [-0.1, -0.05) is 45.4 Å². The summed E-state index contributed by atoms with van der Waals surface area (Å²) >= 11 is 0. The summed E-state index contributed by atoms with van der Waals surface area (Å²) in [6.07, 6.45) is 11.2. The van der Waals surface area contributed by atoms with Crippen molar-refractivity contribution in [3.63, 3.8) is 0 Å². The molecule has 0 nitrogen and oxygen atoms in total. The molecule has 0 N–H and O–H groups in total. The molecule has 0 aromatic heterocycles. The highest BCUT2D eigenvalue weighted by Gasteiger charge is 2.25. The third-order valence-electron chi connectivity index (χ3n) is 4.16. The number of allylic oxidation sites excluding steroid dienone is 3. The molecule has 0 radical (unpaired) electrons. The van der Waals surface area contributed by atoms with Gasteiger partial charge in [-0.15, -0.1) is 6.58 Å². The fourth-order valence-electron chi connectivity index (χ4n) is 3.09. The first-order valence-corrected chi connectivity index (χ1v) is 7.36. The lowest BCUT2D eigenvalue weighted by Crippen LogP contribution is -2.20. The Morgan fingerprint density at radius 1 is 1.29 bits per heavy atom. The van der Waals surface area contributed by atoms with E-state index in [4.69, 9.17) is 0 Å². The zero-order chi connectivity index (χ0) is 12.8. The van der Waals surface area contributed by atoms with Gasteiger partial charge in [-0.25, -0.2) is 0 Å². The Balaban J connectivity index is 2.67. The van der Waals surface area contributed by atoms with E-state index in [0.717, 1.165) is 30.1 Å². The second kappa shape index (κ2) is 7.03. The standard InChI is InChI=1S/C17H30/c1-6-7-8-14(4)11-16-12-15(5)9-10-17(16)13(2)3/h6,11,13-15,17H,1,7-10,12H2,2-5H3/b16-11+/t14-,15-,17+/m1/s1. The van der Waals surface area contributed by atoms with Crippen molar-refractivity contribution in [3.05, 3.63) is 24.3 Å². The van der Waals surface area contributed by atoms with Crippen molar-refractivity contribution >= 4 is 0 Å². The Labute approximate surface area is 108 Å². The summed E-state index contributed by atoms with van der Waals surface area (Å²) in [6.45, 7) is 13.3. The summed E-state index contributed by atoms with van der Waals surface area (Å²) in [7, 11) is 0. The number of rotatable bonds is 5. The lowest BCUT2D eigenvalue weighted by Gasteiger charge is -2.33. The summed E-state index contributed by atoms with van der Waals surface area (Å²) in [5.41, 5.74) is 1.75. The minimum Gasteiger partial charge on any atom is -0.103 e. The largest absolute Gasteiger partial charge is 0.103 e. The molecule has 0 aromatic carbocycles. The van der Waals surface area contributed by atoms with Gasteiger partial charge >= 0.3 is 0 Å². The van der Waals surface area contributed by atoms with Gasteiger partial charge in [0.2, 0.25) is 0 Å². The lowest BCUT2D eigenvalue weighted by molar-refractivity contribution is 0.305. The maximum Gasteiger partial charge on any atom is -0.0180 e. The topological polar surface area (TPSA) is 0 Å². The Hall–Kier alpha value is -0.520. The van der Waals surface area contributed by atoms with Crippen molar-refractivity contribution in [1.29, 1.82) is 0 Å². The molecular formula is C17H30. The minimum atomic E-state index is 0.717. The summed E-state index contributed by atoms with van der Waals surface area (Å²) in [6, 6.07) is 0. The van der Waals surface area contributed by atoms with Crippen LogP contribution < -0.4 is 0 Å². The Bertz CT molecular complexity index is 259. The Morgan fingerprint density at radius 2 is 2.00 bits per heavy atom. The van der Waals surface area contributed by atoms with Crippen molar-refractivity contribution in [1.82, 2.24) is 0 Å². The first-order valence-electron chi connectivity index (χ1n) is 7.36. The van der Waals surface area contributed by atoms with Crippen LogP contribution in [0.2, 0.25) is 0 Å². The quantitative estimate of drug-likeness (QED) is 0.543. The first-order chi connectivity index (χ1) is 8.04. The van der Waals surface area contributed by atoms with Crippen LogP contribution in [0, 0.1) is 23.7 Å². The van der Waals surface area contributed by atoms with Crippen LogP contribution in [0.3, 0.4) is 0 Å². The fraction of sp³-hybridized carbons (Fsp3) is 0.765. The maximum atomic E-state index is 3.81. The molecule has 0 spiro atoms. The molecule has 1 fully saturated rings. The molecule has 98 valence electrons. The molecule has 0 bridgehead atoms. The highest BCUT2D eigenvalue weighted by Crippen LogP contribution is 2.38. The van der Waals surface area contributed by atoms with E-state index in [1.807, 2.05) is 6.08 Å². The van der Waals surface area contributed by atoms with E-state index < -0.39 is 0 Å². The van der Waals surface area contributed by atoms with E-state index in [-0.39, 0.29) is 0 Å². The Morgan fingerprint density at radius 3 is 2.59 bits per heavy atom. The van der Waals surface area contributed by atoms with Crippen molar-refractivity contribution < 1.29 is 0 Å². The van der Waals surface area contributed by atoms with Gasteiger partial charge in [-0.05, 0) is 55.8 Å². The van der Waals surface area contributed by atoms with Gasteiger partial charge in [0.1, 0.15) is 0 Å². The molecule has 0 heterocycles. The summed E-state index contributed by atoms with van der Waals surface area (Å²) in [5.74, 6) is 3.26. The van der Waals surface area contributed by atoms with Crippen LogP contribution in [-0.2, 0) is 0 Å². The molecular weight excluding hydrogens is 204 g/mol. The number of hydrogen-bond donors (Lipinski definition) is 0. The minimum absolute atomic E-state index is 0.717. The summed E-state index contributed by atoms with van der Waals surface area (Å²) in [4.78, 5) is 0. The van der Waals surface area contributed by atoms with Crippen LogP contribution in [-0.4, -0.2) is 0 Å². The SMILES string of the molecule is C=CCC[C@@H](C)/C=C1\C[C@H](C)CC[C@H]1C(C)C. The fourth-order valence-corrected chi connectivity index (χ4v) is 3.09. The van der Waals surface area contributed by atoms with E-state index in [9.17, 15) is 0 Å². The average molecular weight is 234 g/mol. The Kier molecular flexibility index (Phi) is 6.02. The number of hydrogen-bond acceptors (Lipinski definition) is 0. The van der Waals surface area contributed by atoms with Gasteiger partial charge < -0.3 is 0 Å². The second-order valence-corrected chi connectivity index (χ2v) is 6.32. The molecule has 3 atom stereocenters. The van der Waals surface area contributed by atoms with Crippen molar-refractivity contribution in [2.45, 2.75) is 59.8 Å². The van der Waals surface area contributed by atoms with Crippen molar-refractivity contribution in [2.24, 2.45) is 23.7 Å². The molecule has 0 heteroatoms. The zero-order valence-electron chi connectivity index (χ0n) is 12.2. The van der Waals surface area contributed by atoms with E-state index in [1.165, 1.54) is 25.7 Å². The van der Waals surface area contributed by atoms with Crippen LogP contribution in [0.25, 0.3) is 0 Å². The molecule has 0 saturated heterocycles. The normalized spacial score (nSPS) is 29.6. The predicted octanol–water partition coefficient (Wildman–Crippen LogP) is 5.61. The zero-order valence-corrected chi connectivity index (χ0v) is 12.2. The van der Waals surface area contributed by atoms with E-state index in [0.29, 0.717) is 0 Å². The smallest absolute Gasteiger partial charge is 0.0180 e. The third kappa shape index (κ3) is 4.69. The van der Waals surface area contributed by atoms with Crippen LogP contribution in [0.15, 0.2) is 24.3 Å². The predicted molar refractivity (Wildman–Crippen MR) is 78.0 cm³/mol. The molecule has 0 aliphatic heterocycles. The molecule has 0 amide bonds. The monoisotopic (exact) mass is 234 g/mol. The van der Waals surface area contributed by atoms with E-state index in [1.54, 1.807) is 5.57 Å². The van der Waals surface area contributed by atoms with Gasteiger partial charge in [-0.3, -0.25) is 0 Å². The van der Waals surface area contributed by atoms with Gasteiger partial charge in [0.05, 0.1) is 0 Å². The van der Waals surface area contributed by atoms with E-state index >= 15 is 0 Å². The van der Waals surface area contributed by atoms with Crippen LogP contribution in [0.1, 0.15) is 59.8 Å². The highest BCUT2D eigenvalue weighted by molar-refractivity contribution is 5.12. The first kappa shape index (κ1) is 14.5. The highest BCUT2D eigenvalue weighted by atomic mass is 14.3. The van der Waals surface area contributed by atoms with Gasteiger partial charge in [0.25, 0.3) is 0 Å². The van der Waals surface area contributed by atoms with Crippen LogP contribution in [0.5, 0.6) is 0 Å². The molecule has 1 saturated carbocycles. The molecule has 1 aliphatic rings. The molecule has 17 heavy (non-hydrogen) atoms. The van der Waals surface area contributed by atoms with Crippen molar-refractivity contribution in [2.75, 3.05) is 0 Å². The lowest BCUT2D eigenvalue weighted by atomic mass is 9.73. The van der Waals surface area contributed by atoms with Crippen LogP contribution in [0.4, 0.5) is 0 Å². The maximum absolute atomic E-state index is 3.81. The molecule has 1 rings (SSSR count). The molecule has 0 aromatic rings. The summed E-state index contributed by atoms with van der Waals surface area (Å²) < 4.78 is 0. The van der Waals surface area contributed by atoms with Gasteiger partial charge in [0.15, 0.2) is 0 Å². The van der Waals surface area contributed by atoms with Gasteiger partial charge in [0, 0.05) is 0 Å². The second-order valence-electron chi connectivity index (χ2n) is 6.32. The van der Waals surface area contributed by atoms with Crippen molar-refractivity contribution in [3.8, 4) is 0 Å². The van der Waals surface area contributed by atoms with E-state index in [2.05, 4.69) is 40.3 Å².